The second-order valence-electron chi connectivity index (χ2n) is 3.29. The second kappa shape index (κ2) is 2.46. The number of nitrogens with one attached hydrogen (secondary N) is 1. The number of halogens is 2. The van der Waals surface area contributed by atoms with Crippen molar-refractivity contribution in [1.29, 1.82) is 0 Å². The molecule has 0 aliphatic carbocycles. The molecule has 60 valence electrons. The third-order valence-electron chi connectivity index (χ3n) is 2.49. The lowest BCUT2D eigenvalue weighted by molar-refractivity contribution is -0.0730. The van der Waals surface area contributed by atoms with Gasteiger partial charge in [-0.1, -0.05) is 13.8 Å². The van der Waals surface area contributed by atoms with Gasteiger partial charge in [0, 0.05) is 13.1 Å². The Labute approximate surface area is 59.8 Å². The minimum absolute atomic E-state index is 0.0775. The first-order chi connectivity index (χ1) is 4.59. The van der Waals surface area contributed by atoms with Gasteiger partial charge in [0.25, 0.3) is 0 Å². The summed E-state index contributed by atoms with van der Waals surface area (Å²) < 4.78 is 24.7. The molecule has 1 fully saturated rings. The van der Waals surface area contributed by atoms with Crippen LogP contribution in [0.5, 0.6) is 0 Å². The van der Waals surface area contributed by atoms with E-state index in [1.54, 1.807) is 0 Å². The van der Waals surface area contributed by atoms with Crippen molar-refractivity contribution in [3.8, 4) is 0 Å². The van der Waals surface area contributed by atoms with Gasteiger partial charge in [-0.25, -0.2) is 8.78 Å². The van der Waals surface area contributed by atoms with E-state index in [1.165, 1.54) is 0 Å². The number of rotatable bonds is 2. The predicted molar refractivity (Wildman–Crippen MR) is 36.1 cm³/mol. The summed E-state index contributed by atoms with van der Waals surface area (Å²) >= 11 is 0. The highest BCUT2D eigenvalue weighted by Gasteiger charge is 2.47. The molecule has 10 heavy (non-hydrogen) atoms. The maximum Gasteiger partial charge on any atom is 0.246 e. The molecule has 0 aromatic rings. The van der Waals surface area contributed by atoms with Gasteiger partial charge in [0.05, 0.1) is 5.41 Å². The number of alkyl halides is 2. The van der Waals surface area contributed by atoms with E-state index in [9.17, 15) is 8.78 Å². The van der Waals surface area contributed by atoms with Gasteiger partial charge in [0.1, 0.15) is 0 Å². The monoisotopic (exact) mass is 149 g/mol. The Kier molecular flexibility index (Phi) is 1.95. The lowest BCUT2D eigenvalue weighted by atomic mass is 9.72. The Morgan fingerprint density at radius 3 is 1.80 bits per heavy atom. The molecule has 0 spiro atoms. The molecule has 1 aliphatic heterocycles. The summed E-state index contributed by atoms with van der Waals surface area (Å²) in [4.78, 5) is 0. The largest absolute Gasteiger partial charge is 0.315 e. The summed E-state index contributed by atoms with van der Waals surface area (Å²) in [6, 6.07) is 0. The van der Waals surface area contributed by atoms with Gasteiger partial charge >= 0.3 is 0 Å². The van der Waals surface area contributed by atoms with Crippen LogP contribution in [-0.4, -0.2) is 19.5 Å². The van der Waals surface area contributed by atoms with Gasteiger partial charge in [-0.15, -0.1) is 0 Å². The van der Waals surface area contributed by atoms with E-state index in [0.717, 1.165) is 0 Å². The zero-order chi connectivity index (χ0) is 7.78. The molecular weight excluding hydrogens is 136 g/mol. The summed E-state index contributed by atoms with van der Waals surface area (Å²) in [5.74, 6) is 0.0775. The zero-order valence-corrected chi connectivity index (χ0v) is 6.32. The summed E-state index contributed by atoms with van der Waals surface area (Å²) in [6.45, 7) is 4.66. The molecule has 1 nitrogen and oxygen atoms in total. The van der Waals surface area contributed by atoms with E-state index >= 15 is 0 Å². The van der Waals surface area contributed by atoms with Crippen molar-refractivity contribution < 1.29 is 8.78 Å². The molecule has 0 aromatic carbocycles. The molecule has 0 aromatic heterocycles. The van der Waals surface area contributed by atoms with E-state index in [-0.39, 0.29) is 5.92 Å². The quantitative estimate of drug-likeness (QED) is 0.627. The molecule has 3 heteroatoms. The fraction of sp³-hybridized carbons (Fsp3) is 1.00. The average Bonchev–Trinajstić information content (AvgIpc) is 1.57. The van der Waals surface area contributed by atoms with Crippen LogP contribution in [0.25, 0.3) is 0 Å². The van der Waals surface area contributed by atoms with Crippen LogP contribution in [0.15, 0.2) is 0 Å². The lowest BCUT2D eigenvalue weighted by Gasteiger charge is -2.45. The number of hydrogen-bond donors (Lipinski definition) is 1. The maximum absolute atomic E-state index is 12.3. The van der Waals surface area contributed by atoms with Gasteiger partial charge in [0.2, 0.25) is 6.43 Å². The van der Waals surface area contributed by atoms with Gasteiger partial charge in [-0.3, -0.25) is 0 Å². The lowest BCUT2D eigenvalue weighted by Crippen LogP contribution is -2.60. The summed E-state index contributed by atoms with van der Waals surface area (Å²) in [5.41, 5.74) is -0.722. The van der Waals surface area contributed by atoms with Crippen LogP contribution >= 0.6 is 0 Å². The molecule has 0 saturated carbocycles. The third-order valence-corrected chi connectivity index (χ3v) is 2.49. The van der Waals surface area contributed by atoms with E-state index in [1.807, 2.05) is 13.8 Å². The Bertz CT molecular complexity index is 109. The molecule has 0 unspecified atom stereocenters. The Balaban J connectivity index is 2.59. The molecule has 0 amide bonds. The van der Waals surface area contributed by atoms with Crippen molar-refractivity contribution in [2.45, 2.75) is 20.3 Å². The fourth-order valence-electron chi connectivity index (χ4n) is 1.23. The summed E-state index contributed by atoms with van der Waals surface area (Å²) in [6.07, 6.45) is -2.17. The first-order valence-electron chi connectivity index (χ1n) is 3.58. The molecule has 1 heterocycles. The van der Waals surface area contributed by atoms with Gasteiger partial charge in [0.15, 0.2) is 0 Å². The highest BCUT2D eigenvalue weighted by molar-refractivity contribution is 4.96. The van der Waals surface area contributed by atoms with Crippen LogP contribution in [0.3, 0.4) is 0 Å². The minimum atomic E-state index is -2.17. The van der Waals surface area contributed by atoms with Crippen molar-refractivity contribution in [3.05, 3.63) is 0 Å². The third kappa shape index (κ3) is 0.926. The first-order valence-corrected chi connectivity index (χ1v) is 3.58. The smallest absolute Gasteiger partial charge is 0.246 e. The highest BCUT2D eigenvalue weighted by Crippen LogP contribution is 2.37. The molecule has 1 aliphatic rings. The summed E-state index contributed by atoms with van der Waals surface area (Å²) in [7, 11) is 0. The molecule has 1 saturated heterocycles. The Morgan fingerprint density at radius 1 is 1.30 bits per heavy atom. The van der Waals surface area contributed by atoms with Crippen molar-refractivity contribution in [2.24, 2.45) is 11.3 Å². The Morgan fingerprint density at radius 2 is 1.80 bits per heavy atom. The van der Waals surface area contributed by atoms with Gasteiger partial charge < -0.3 is 5.32 Å². The van der Waals surface area contributed by atoms with E-state index < -0.39 is 11.8 Å². The van der Waals surface area contributed by atoms with Crippen molar-refractivity contribution in [1.82, 2.24) is 5.32 Å². The molecular formula is C7H13F2N. The molecule has 0 atom stereocenters. The van der Waals surface area contributed by atoms with Crippen LogP contribution in [0, 0.1) is 11.3 Å². The van der Waals surface area contributed by atoms with E-state index in [0.29, 0.717) is 13.1 Å². The van der Waals surface area contributed by atoms with Crippen LogP contribution < -0.4 is 5.32 Å². The molecule has 1 N–H and O–H groups in total. The molecule has 1 rings (SSSR count). The number of hydrogen-bond acceptors (Lipinski definition) is 1. The fourth-order valence-corrected chi connectivity index (χ4v) is 1.23. The van der Waals surface area contributed by atoms with Crippen molar-refractivity contribution in [3.63, 3.8) is 0 Å². The van der Waals surface area contributed by atoms with Crippen LogP contribution in [0.1, 0.15) is 13.8 Å². The van der Waals surface area contributed by atoms with E-state index in [4.69, 9.17) is 0 Å². The minimum Gasteiger partial charge on any atom is -0.315 e. The van der Waals surface area contributed by atoms with Crippen LogP contribution in [0.4, 0.5) is 8.78 Å². The van der Waals surface area contributed by atoms with Gasteiger partial charge in [-0.2, -0.15) is 0 Å². The van der Waals surface area contributed by atoms with Crippen molar-refractivity contribution in [2.75, 3.05) is 13.1 Å². The molecule has 0 bridgehead atoms. The zero-order valence-electron chi connectivity index (χ0n) is 6.32. The van der Waals surface area contributed by atoms with Crippen LogP contribution in [0.2, 0.25) is 0 Å². The Hall–Kier alpha value is -0.180. The highest BCUT2D eigenvalue weighted by atomic mass is 19.3. The van der Waals surface area contributed by atoms with Gasteiger partial charge in [-0.05, 0) is 5.92 Å². The molecule has 0 radical (unpaired) electrons. The standard InChI is InChI=1S/C7H13F2N/c1-5(2)7(6(8)9)3-10-4-7/h5-6,10H,3-4H2,1-2H3. The topological polar surface area (TPSA) is 12.0 Å². The maximum atomic E-state index is 12.3. The van der Waals surface area contributed by atoms with Crippen LogP contribution in [-0.2, 0) is 0 Å². The first kappa shape index (κ1) is 7.92. The normalized spacial score (nSPS) is 23.4. The second-order valence-corrected chi connectivity index (χ2v) is 3.29. The average molecular weight is 149 g/mol. The summed E-state index contributed by atoms with van der Waals surface area (Å²) in [5, 5.41) is 2.88. The van der Waals surface area contributed by atoms with Crippen molar-refractivity contribution >= 4 is 0 Å². The SMILES string of the molecule is CC(C)C1(C(F)F)CNC1. The predicted octanol–water partition coefficient (Wildman–Crippen LogP) is 1.50. The van der Waals surface area contributed by atoms with E-state index in [2.05, 4.69) is 5.32 Å².